The fraction of sp³-hybridized carbons (Fsp3) is 0.0741. The number of carbonyl (C=O) groups excluding carboxylic acids is 3. The molecule has 0 radical (unpaired) electrons. The minimum absolute atomic E-state index is 0.119. The number of amides is 3. The second kappa shape index (κ2) is 12.7. The highest BCUT2D eigenvalue weighted by atomic mass is 32.2. The third kappa shape index (κ3) is 7.58. The molecule has 1 aromatic heterocycles. The molecule has 0 unspecified atom stereocenters. The molecule has 0 aliphatic carbocycles. The normalized spacial score (nSPS) is 11.1. The Balaban J connectivity index is 1.41. The second-order valence-electron chi connectivity index (χ2n) is 7.84. The predicted molar refractivity (Wildman–Crippen MR) is 147 cm³/mol. The maximum Gasteiger partial charge on any atom is 0.272 e. The van der Waals surface area contributed by atoms with Crippen LogP contribution in [0.1, 0.15) is 20.9 Å². The van der Waals surface area contributed by atoms with Gasteiger partial charge >= 0.3 is 0 Å². The lowest BCUT2D eigenvalue weighted by molar-refractivity contribution is -0.114. The van der Waals surface area contributed by atoms with Crippen molar-refractivity contribution in [2.45, 2.75) is 11.8 Å². The molecule has 4 aromatic rings. The standard InChI is InChI=1S/C27H22FN5O3S2/c1-17-32-33-27(38-17)31-24(34)16-37-21-13-11-20(12-14-21)29-26(36)23(15-19-9-5-6-10-22(19)28)30-25(35)18-7-3-2-4-8-18/h2-15H,16H2,1H3,(H,29,36)(H,30,35)(H,31,33,34)/b23-15-. The van der Waals surface area contributed by atoms with Crippen LogP contribution < -0.4 is 16.0 Å². The highest BCUT2D eigenvalue weighted by molar-refractivity contribution is 8.00. The number of hydrogen-bond donors (Lipinski definition) is 3. The summed E-state index contributed by atoms with van der Waals surface area (Å²) < 4.78 is 14.3. The summed E-state index contributed by atoms with van der Waals surface area (Å²) in [6.07, 6.45) is 1.29. The first-order chi connectivity index (χ1) is 18.4. The Bertz CT molecular complexity index is 1470. The van der Waals surface area contributed by atoms with Crippen molar-refractivity contribution in [1.29, 1.82) is 0 Å². The van der Waals surface area contributed by atoms with Gasteiger partial charge in [-0.25, -0.2) is 4.39 Å². The van der Waals surface area contributed by atoms with E-state index in [1.807, 2.05) is 0 Å². The van der Waals surface area contributed by atoms with Gasteiger partial charge in [-0.15, -0.1) is 22.0 Å². The first-order valence-electron chi connectivity index (χ1n) is 11.3. The number of nitrogens with one attached hydrogen (secondary N) is 3. The molecule has 0 aliphatic heterocycles. The molecule has 3 amide bonds. The Morgan fingerprint density at radius 2 is 1.63 bits per heavy atom. The summed E-state index contributed by atoms with van der Waals surface area (Å²) in [6.45, 7) is 1.80. The van der Waals surface area contributed by atoms with Gasteiger partial charge in [0, 0.05) is 21.7 Å². The van der Waals surface area contributed by atoms with E-state index in [1.165, 1.54) is 47.4 Å². The zero-order valence-electron chi connectivity index (χ0n) is 20.1. The maximum absolute atomic E-state index is 14.3. The van der Waals surface area contributed by atoms with E-state index in [0.717, 1.165) is 9.90 Å². The van der Waals surface area contributed by atoms with Gasteiger partial charge in [0.25, 0.3) is 11.8 Å². The van der Waals surface area contributed by atoms with Crippen molar-refractivity contribution in [3.63, 3.8) is 0 Å². The van der Waals surface area contributed by atoms with Crippen LogP contribution in [-0.2, 0) is 9.59 Å². The zero-order valence-corrected chi connectivity index (χ0v) is 21.7. The van der Waals surface area contributed by atoms with Crippen molar-refractivity contribution < 1.29 is 18.8 Å². The molecule has 11 heteroatoms. The first kappa shape index (κ1) is 26.7. The molecule has 192 valence electrons. The van der Waals surface area contributed by atoms with Gasteiger partial charge in [-0.3, -0.25) is 19.7 Å². The first-order valence-corrected chi connectivity index (χ1v) is 13.1. The number of hydrogen-bond acceptors (Lipinski definition) is 7. The molecule has 3 N–H and O–H groups in total. The Hall–Kier alpha value is -4.35. The molecule has 38 heavy (non-hydrogen) atoms. The van der Waals surface area contributed by atoms with Crippen LogP contribution in [0, 0.1) is 12.7 Å². The van der Waals surface area contributed by atoms with Crippen molar-refractivity contribution in [3.8, 4) is 0 Å². The van der Waals surface area contributed by atoms with Gasteiger partial charge in [-0.05, 0) is 55.5 Å². The average molecular weight is 548 g/mol. The molecule has 0 bridgehead atoms. The molecule has 3 aromatic carbocycles. The SMILES string of the molecule is Cc1nnc(NC(=O)CSc2ccc(NC(=O)/C(=C/c3ccccc3F)NC(=O)c3ccccc3)cc2)s1. The number of nitrogens with zero attached hydrogens (tertiary/aromatic N) is 2. The van der Waals surface area contributed by atoms with Crippen LogP contribution in [0.3, 0.4) is 0 Å². The lowest BCUT2D eigenvalue weighted by Crippen LogP contribution is -2.30. The smallest absolute Gasteiger partial charge is 0.272 e. The predicted octanol–water partition coefficient (Wildman–Crippen LogP) is 5.13. The van der Waals surface area contributed by atoms with E-state index in [0.29, 0.717) is 16.4 Å². The molecule has 1 heterocycles. The van der Waals surface area contributed by atoms with Gasteiger partial charge in [0.2, 0.25) is 11.0 Å². The van der Waals surface area contributed by atoms with E-state index >= 15 is 0 Å². The minimum Gasteiger partial charge on any atom is -0.321 e. The number of carbonyl (C=O) groups is 3. The van der Waals surface area contributed by atoms with Crippen molar-refractivity contribution in [1.82, 2.24) is 15.5 Å². The topological polar surface area (TPSA) is 113 Å². The third-order valence-electron chi connectivity index (χ3n) is 4.99. The molecule has 0 fully saturated rings. The van der Waals surface area contributed by atoms with E-state index in [-0.39, 0.29) is 22.9 Å². The van der Waals surface area contributed by atoms with Crippen LogP contribution in [-0.4, -0.2) is 33.7 Å². The Morgan fingerprint density at radius 3 is 2.32 bits per heavy atom. The summed E-state index contributed by atoms with van der Waals surface area (Å²) in [5, 5.41) is 16.9. The molecule has 0 spiro atoms. The summed E-state index contributed by atoms with van der Waals surface area (Å²) in [7, 11) is 0. The summed E-state index contributed by atoms with van der Waals surface area (Å²) >= 11 is 2.62. The lowest BCUT2D eigenvalue weighted by Gasteiger charge is -2.12. The maximum atomic E-state index is 14.3. The van der Waals surface area contributed by atoms with Crippen LogP contribution in [0.5, 0.6) is 0 Å². The number of halogens is 1. The van der Waals surface area contributed by atoms with E-state index in [1.54, 1.807) is 67.6 Å². The molecule has 0 saturated carbocycles. The number of thioether (sulfide) groups is 1. The second-order valence-corrected chi connectivity index (χ2v) is 10.1. The molecule has 4 rings (SSSR count). The number of benzene rings is 3. The summed E-state index contributed by atoms with van der Waals surface area (Å²) in [4.78, 5) is 38.7. The average Bonchev–Trinajstić information content (AvgIpc) is 3.33. The molecule has 0 atom stereocenters. The van der Waals surface area contributed by atoms with Crippen molar-refractivity contribution in [2.75, 3.05) is 16.4 Å². The fourth-order valence-electron chi connectivity index (χ4n) is 3.17. The Kier molecular flexibility index (Phi) is 8.96. The van der Waals surface area contributed by atoms with E-state index < -0.39 is 17.6 Å². The summed E-state index contributed by atoms with van der Waals surface area (Å²) in [6, 6.07) is 21.2. The van der Waals surface area contributed by atoms with Gasteiger partial charge < -0.3 is 10.6 Å². The molecule has 8 nitrogen and oxygen atoms in total. The van der Waals surface area contributed by atoms with Crippen molar-refractivity contribution >= 4 is 57.7 Å². The Morgan fingerprint density at radius 1 is 0.921 bits per heavy atom. The van der Waals surface area contributed by atoms with Crippen LogP contribution in [0.4, 0.5) is 15.2 Å². The largest absolute Gasteiger partial charge is 0.321 e. The van der Waals surface area contributed by atoms with E-state index in [2.05, 4.69) is 26.1 Å². The van der Waals surface area contributed by atoms with Crippen LogP contribution in [0.2, 0.25) is 0 Å². The number of aromatic nitrogens is 2. The van der Waals surface area contributed by atoms with Gasteiger partial charge in [-0.2, -0.15) is 0 Å². The zero-order chi connectivity index (χ0) is 26.9. The van der Waals surface area contributed by atoms with Gasteiger partial charge in [-0.1, -0.05) is 47.7 Å². The molecular formula is C27H22FN5O3S2. The monoisotopic (exact) mass is 547 g/mol. The van der Waals surface area contributed by atoms with Crippen LogP contribution >= 0.6 is 23.1 Å². The lowest BCUT2D eigenvalue weighted by atomic mass is 10.1. The number of anilines is 2. The van der Waals surface area contributed by atoms with Crippen molar-refractivity contribution in [2.24, 2.45) is 0 Å². The number of aryl methyl sites for hydroxylation is 1. The van der Waals surface area contributed by atoms with E-state index in [4.69, 9.17) is 0 Å². The van der Waals surface area contributed by atoms with Gasteiger partial charge in [0.05, 0.1) is 5.75 Å². The highest BCUT2D eigenvalue weighted by Crippen LogP contribution is 2.22. The summed E-state index contributed by atoms with van der Waals surface area (Å²) in [5.74, 6) is -1.69. The third-order valence-corrected chi connectivity index (χ3v) is 6.75. The van der Waals surface area contributed by atoms with Crippen LogP contribution in [0.15, 0.2) is 89.5 Å². The summed E-state index contributed by atoms with van der Waals surface area (Å²) in [5.41, 5.74) is 0.846. The van der Waals surface area contributed by atoms with E-state index in [9.17, 15) is 18.8 Å². The van der Waals surface area contributed by atoms with Gasteiger partial charge in [0.15, 0.2) is 0 Å². The number of rotatable bonds is 9. The minimum atomic E-state index is -0.621. The highest BCUT2D eigenvalue weighted by Gasteiger charge is 2.16. The van der Waals surface area contributed by atoms with Gasteiger partial charge in [0.1, 0.15) is 16.5 Å². The van der Waals surface area contributed by atoms with Crippen LogP contribution in [0.25, 0.3) is 6.08 Å². The fourth-order valence-corrected chi connectivity index (χ4v) is 4.48. The Labute approximate surface area is 226 Å². The molecule has 0 aliphatic rings. The molecular weight excluding hydrogens is 525 g/mol. The molecule has 0 saturated heterocycles. The van der Waals surface area contributed by atoms with Crippen molar-refractivity contribution in [3.05, 3.63) is 107 Å². The quantitative estimate of drug-likeness (QED) is 0.198.